The molecular weight excluding hydrogens is 348 g/mol. The molecule has 1 saturated heterocycles. The van der Waals surface area contributed by atoms with E-state index in [1.165, 1.54) is 4.31 Å². The Labute approximate surface area is 155 Å². The van der Waals surface area contributed by atoms with Gasteiger partial charge in [0.2, 0.25) is 15.9 Å². The molecule has 3 rings (SSSR count). The van der Waals surface area contributed by atoms with E-state index in [2.05, 4.69) is 0 Å². The number of amides is 1. The number of anilines is 1. The van der Waals surface area contributed by atoms with E-state index in [9.17, 15) is 13.2 Å². The summed E-state index contributed by atoms with van der Waals surface area (Å²) >= 11 is 0. The zero-order valence-electron chi connectivity index (χ0n) is 15.1. The standard InChI is InChI=1S/C20H24N2O3S/c1-16-10-12-19(13-11-16)26(24,25)22-14-6-7-17(15-22)20(23)21(2)18-8-4-3-5-9-18/h3-5,8-13,17H,6-7,14-15H2,1-2H3/t17-/m0/s1. The third-order valence-corrected chi connectivity index (χ3v) is 6.75. The number of hydrogen-bond donors (Lipinski definition) is 0. The van der Waals surface area contributed by atoms with Crippen molar-refractivity contribution in [1.82, 2.24) is 4.31 Å². The van der Waals surface area contributed by atoms with Crippen molar-refractivity contribution in [3.8, 4) is 0 Å². The number of rotatable bonds is 4. The lowest BCUT2D eigenvalue weighted by Crippen LogP contribution is -2.45. The van der Waals surface area contributed by atoms with E-state index >= 15 is 0 Å². The van der Waals surface area contributed by atoms with Crippen LogP contribution >= 0.6 is 0 Å². The lowest BCUT2D eigenvalue weighted by atomic mass is 9.98. The summed E-state index contributed by atoms with van der Waals surface area (Å²) < 4.78 is 27.3. The predicted molar refractivity (Wildman–Crippen MR) is 103 cm³/mol. The second kappa shape index (κ2) is 7.60. The molecule has 0 N–H and O–H groups in total. The molecule has 26 heavy (non-hydrogen) atoms. The maximum atomic E-state index is 12.9. The molecule has 0 aliphatic carbocycles. The summed E-state index contributed by atoms with van der Waals surface area (Å²) in [6.45, 7) is 2.60. The molecule has 0 saturated carbocycles. The van der Waals surface area contributed by atoms with Crippen molar-refractivity contribution in [2.75, 3.05) is 25.0 Å². The van der Waals surface area contributed by atoms with Crippen molar-refractivity contribution in [3.63, 3.8) is 0 Å². The van der Waals surface area contributed by atoms with Gasteiger partial charge in [-0.1, -0.05) is 35.9 Å². The Morgan fingerprint density at radius 2 is 1.73 bits per heavy atom. The average molecular weight is 372 g/mol. The topological polar surface area (TPSA) is 57.7 Å². The third kappa shape index (κ3) is 3.81. The Bertz CT molecular complexity index is 864. The number of carbonyl (C=O) groups excluding carboxylic acids is 1. The zero-order valence-corrected chi connectivity index (χ0v) is 15.9. The first kappa shape index (κ1) is 18.6. The molecule has 0 spiro atoms. The lowest BCUT2D eigenvalue weighted by molar-refractivity contribution is -0.123. The molecule has 1 aliphatic rings. The summed E-state index contributed by atoms with van der Waals surface area (Å²) in [7, 11) is -1.83. The van der Waals surface area contributed by atoms with Gasteiger partial charge in [-0.25, -0.2) is 8.42 Å². The van der Waals surface area contributed by atoms with E-state index in [4.69, 9.17) is 0 Å². The number of para-hydroxylation sites is 1. The van der Waals surface area contributed by atoms with Crippen molar-refractivity contribution >= 4 is 21.6 Å². The van der Waals surface area contributed by atoms with Crippen molar-refractivity contribution in [1.29, 1.82) is 0 Å². The number of piperidine rings is 1. The van der Waals surface area contributed by atoms with Crippen LogP contribution < -0.4 is 4.90 Å². The maximum absolute atomic E-state index is 12.9. The molecule has 1 amide bonds. The van der Waals surface area contributed by atoms with Gasteiger partial charge >= 0.3 is 0 Å². The highest BCUT2D eigenvalue weighted by Crippen LogP contribution is 2.26. The Kier molecular flexibility index (Phi) is 5.44. The van der Waals surface area contributed by atoms with Gasteiger partial charge in [0, 0.05) is 25.8 Å². The highest BCUT2D eigenvalue weighted by molar-refractivity contribution is 7.89. The number of carbonyl (C=O) groups is 1. The normalized spacial score (nSPS) is 18.5. The molecule has 0 radical (unpaired) electrons. The number of nitrogens with zero attached hydrogens (tertiary/aromatic N) is 2. The molecule has 5 nitrogen and oxygen atoms in total. The number of sulfonamides is 1. The Hall–Kier alpha value is -2.18. The SMILES string of the molecule is Cc1ccc(S(=O)(=O)N2CCC[C@H](C(=O)N(C)c3ccccc3)C2)cc1. The summed E-state index contributed by atoms with van der Waals surface area (Å²) in [5.74, 6) is -0.366. The monoisotopic (exact) mass is 372 g/mol. The molecule has 2 aromatic rings. The van der Waals surface area contributed by atoms with Crippen LogP contribution in [0.1, 0.15) is 18.4 Å². The van der Waals surface area contributed by atoms with Gasteiger partial charge in [0.25, 0.3) is 0 Å². The number of benzene rings is 2. The van der Waals surface area contributed by atoms with Crippen molar-refractivity contribution in [2.24, 2.45) is 5.92 Å². The quantitative estimate of drug-likeness (QED) is 0.829. The Morgan fingerprint density at radius 3 is 2.38 bits per heavy atom. The lowest BCUT2D eigenvalue weighted by Gasteiger charge is -2.33. The van der Waals surface area contributed by atoms with E-state index in [-0.39, 0.29) is 23.3 Å². The van der Waals surface area contributed by atoms with E-state index in [1.54, 1.807) is 36.2 Å². The maximum Gasteiger partial charge on any atom is 0.243 e. The fourth-order valence-corrected chi connectivity index (χ4v) is 4.80. The Balaban J connectivity index is 1.76. The van der Waals surface area contributed by atoms with Crippen LogP contribution in [0.5, 0.6) is 0 Å². The van der Waals surface area contributed by atoms with E-state index in [0.29, 0.717) is 19.4 Å². The van der Waals surface area contributed by atoms with E-state index in [0.717, 1.165) is 11.3 Å². The van der Waals surface area contributed by atoms with Crippen LogP contribution in [0.3, 0.4) is 0 Å². The second-order valence-electron chi connectivity index (χ2n) is 6.75. The minimum Gasteiger partial charge on any atom is -0.315 e. The van der Waals surface area contributed by atoms with Crippen LogP contribution in [-0.4, -0.2) is 38.8 Å². The minimum atomic E-state index is -3.57. The van der Waals surface area contributed by atoms with Gasteiger partial charge in [-0.05, 0) is 44.0 Å². The summed E-state index contributed by atoms with van der Waals surface area (Å²) in [4.78, 5) is 14.8. The average Bonchev–Trinajstić information content (AvgIpc) is 2.68. The highest BCUT2D eigenvalue weighted by atomic mass is 32.2. The molecule has 1 heterocycles. The van der Waals surface area contributed by atoms with Gasteiger partial charge in [0.1, 0.15) is 0 Å². The number of aryl methyl sites for hydroxylation is 1. The fraction of sp³-hybridized carbons (Fsp3) is 0.350. The molecule has 1 aliphatic heterocycles. The van der Waals surface area contributed by atoms with Crippen molar-refractivity contribution in [2.45, 2.75) is 24.7 Å². The predicted octanol–water partition coefficient (Wildman–Crippen LogP) is 3.06. The second-order valence-corrected chi connectivity index (χ2v) is 8.69. The van der Waals surface area contributed by atoms with Crippen LogP contribution in [0.25, 0.3) is 0 Å². The molecule has 0 unspecified atom stereocenters. The van der Waals surface area contributed by atoms with Gasteiger partial charge in [0.15, 0.2) is 0 Å². The first-order valence-corrected chi connectivity index (χ1v) is 10.2. The van der Waals surface area contributed by atoms with Gasteiger partial charge in [0.05, 0.1) is 10.8 Å². The van der Waals surface area contributed by atoms with Crippen LogP contribution in [0, 0.1) is 12.8 Å². The molecule has 6 heteroatoms. The molecular formula is C20H24N2O3S. The molecule has 1 atom stereocenters. The van der Waals surface area contributed by atoms with Crippen LogP contribution in [0.2, 0.25) is 0 Å². The molecule has 2 aromatic carbocycles. The first-order chi connectivity index (χ1) is 12.4. The zero-order chi connectivity index (χ0) is 18.7. The largest absolute Gasteiger partial charge is 0.315 e. The summed E-state index contributed by atoms with van der Waals surface area (Å²) in [6, 6.07) is 16.3. The summed E-state index contributed by atoms with van der Waals surface area (Å²) in [5.41, 5.74) is 1.83. The third-order valence-electron chi connectivity index (χ3n) is 4.87. The highest BCUT2D eigenvalue weighted by Gasteiger charge is 2.34. The fourth-order valence-electron chi connectivity index (χ4n) is 3.27. The van der Waals surface area contributed by atoms with Gasteiger partial charge in [-0.15, -0.1) is 0 Å². The van der Waals surface area contributed by atoms with Gasteiger partial charge in [-0.2, -0.15) is 4.31 Å². The van der Waals surface area contributed by atoms with Crippen LogP contribution in [0.4, 0.5) is 5.69 Å². The number of hydrogen-bond acceptors (Lipinski definition) is 3. The first-order valence-electron chi connectivity index (χ1n) is 8.79. The summed E-state index contributed by atoms with van der Waals surface area (Å²) in [6.07, 6.45) is 1.39. The van der Waals surface area contributed by atoms with E-state index < -0.39 is 10.0 Å². The van der Waals surface area contributed by atoms with Crippen molar-refractivity contribution in [3.05, 3.63) is 60.2 Å². The molecule has 0 aromatic heterocycles. The van der Waals surface area contributed by atoms with Crippen molar-refractivity contribution < 1.29 is 13.2 Å². The molecule has 1 fully saturated rings. The van der Waals surface area contributed by atoms with Crippen LogP contribution in [0.15, 0.2) is 59.5 Å². The van der Waals surface area contributed by atoms with Gasteiger partial charge < -0.3 is 4.90 Å². The minimum absolute atomic E-state index is 0.0417. The van der Waals surface area contributed by atoms with E-state index in [1.807, 2.05) is 37.3 Å². The summed E-state index contributed by atoms with van der Waals surface area (Å²) in [5, 5.41) is 0. The Morgan fingerprint density at radius 1 is 1.08 bits per heavy atom. The van der Waals surface area contributed by atoms with Gasteiger partial charge in [-0.3, -0.25) is 4.79 Å². The smallest absolute Gasteiger partial charge is 0.243 e. The molecule has 0 bridgehead atoms. The molecule has 138 valence electrons. The van der Waals surface area contributed by atoms with Crippen LogP contribution in [-0.2, 0) is 14.8 Å².